The van der Waals surface area contributed by atoms with E-state index in [0.717, 1.165) is 0 Å². The minimum Gasteiger partial charge on any atom is -0.390 e. The molecule has 4 rings (SSSR count). The number of carbonyl (C=O) groups excluding carboxylic acids is 1. The molecule has 2 N–H and O–H groups in total. The maximum Gasteiger partial charge on any atom is 0.273 e. The van der Waals surface area contributed by atoms with Crippen LogP contribution in [0.25, 0.3) is 22.3 Å². The SMILES string of the molecule is CC(C)(O)Cc1cn(NC(=O)c2cnc(-c3cccc(F)c3)nc2)c2ccc(F)cc12. The quantitative estimate of drug-likeness (QED) is 0.508. The van der Waals surface area contributed by atoms with Gasteiger partial charge in [-0.1, -0.05) is 12.1 Å². The molecule has 158 valence electrons. The predicted molar refractivity (Wildman–Crippen MR) is 113 cm³/mol. The van der Waals surface area contributed by atoms with Crippen molar-refractivity contribution in [3.8, 4) is 11.4 Å². The van der Waals surface area contributed by atoms with E-state index in [1.807, 2.05) is 0 Å². The molecule has 0 saturated heterocycles. The number of aromatic nitrogens is 3. The number of aliphatic hydroxyl groups is 1. The van der Waals surface area contributed by atoms with E-state index < -0.39 is 23.1 Å². The summed E-state index contributed by atoms with van der Waals surface area (Å²) in [7, 11) is 0. The Morgan fingerprint density at radius 3 is 2.48 bits per heavy atom. The average Bonchev–Trinajstić information content (AvgIpc) is 3.02. The van der Waals surface area contributed by atoms with Crippen molar-refractivity contribution in [1.82, 2.24) is 14.6 Å². The van der Waals surface area contributed by atoms with Gasteiger partial charge in [0.1, 0.15) is 11.6 Å². The first kappa shape index (κ1) is 20.6. The van der Waals surface area contributed by atoms with Crippen molar-refractivity contribution in [2.45, 2.75) is 25.9 Å². The van der Waals surface area contributed by atoms with Crippen molar-refractivity contribution in [3.63, 3.8) is 0 Å². The molecule has 0 spiro atoms. The minimum atomic E-state index is -1.00. The van der Waals surface area contributed by atoms with E-state index in [-0.39, 0.29) is 12.0 Å². The lowest BCUT2D eigenvalue weighted by Crippen LogP contribution is -2.23. The van der Waals surface area contributed by atoms with Crippen molar-refractivity contribution in [2.75, 3.05) is 5.43 Å². The Morgan fingerprint density at radius 1 is 1.10 bits per heavy atom. The second-order valence-corrected chi connectivity index (χ2v) is 7.92. The van der Waals surface area contributed by atoms with E-state index >= 15 is 0 Å². The highest BCUT2D eigenvalue weighted by Crippen LogP contribution is 2.25. The molecular formula is C23H20F2N4O2. The lowest BCUT2D eigenvalue weighted by atomic mass is 9.98. The van der Waals surface area contributed by atoms with Crippen LogP contribution in [0.4, 0.5) is 8.78 Å². The number of hydrogen-bond donors (Lipinski definition) is 2. The number of carbonyl (C=O) groups is 1. The smallest absolute Gasteiger partial charge is 0.273 e. The third kappa shape index (κ3) is 4.59. The van der Waals surface area contributed by atoms with Crippen LogP contribution in [0.15, 0.2) is 61.1 Å². The number of nitrogens with zero attached hydrogens (tertiary/aromatic N) is 3. The van der Waals surface area contributed by atoms with Gasteiger partial charge in [-0.3, -0.25) is 14.9 Å². The number of rotatable bonds is 5. The van der Waals surface area contributed by atoms with Crippen LogP contribution in [0, 0.1) is 11.6 Å². The fourth-order valence-corrected chi connectivity index (χ4v) is 3.37. The molecule has 0 atom stereocenters. The maximum absolute atomic E-state index is 13.8. The molecule has 0 bridgehead atoms. The number of nitrogens with one attached hydrogen (secondary N) is 1. The summed E-state index contributed by atoms with van der Waals surface area (Å²) in [5.41, 5.74) is 3.71. The number of hydrogen-bond acceptors (Lipinski definition) is 4. The van der Waals surface area contributed by atoms with E-state index in [4.69, 9.17) is 0 Å². The molecule has 0 aliphatic rings. The molecule has 8 heteroatoms. The molecule has 6 nitrogen and oxygen atoms in total. The fourth-order valence-electron chi connectivity index (χ4n) is 3.37. The van der Waals surface area contributed by atoms with Crippen LogP contribution in [0.5, 0.6) is 0 Å². The summed E-state index contributed by atoms with van der Waals surface area (Å²) in [5.74, 6) is -0.983. The first-order valence-electron chi connectivity index (χ1n) is 9.61. The molecule has 0 radical (unpaired) electrons. The number of halogens is 2. The summed E-state index contributed by atoms with van der Waals surface area (Å²) < 4.78 is 28.7. The van der Waals surface area contributed by atoms with E-state index in [1.54, 1.807) is 38.2 Å². The van der Waals surface area contributed by atoms with Gasteiger partial charge in [-0.05, 0) is 49.7 Å². The topological polar surface area (TPSA) is 80.0 Å². The Labute approximate surface area is 177 Å². The standard InChI is InChI=1S/C23H20F2N4O2/c1-23(2,31)10-15-13-29(20-7-6-18(25)9-19(15)20)28-22(30)16-11-26-21(27-12-16)14-4-3-5-17(24)8-14/h3-9,11-13,31H,10H2,1-2H3,(H,28,30). The summed E-state index contributed by atoms with van der Waals surface area (Å²) in [6.45, 7) is 3.32. The molecule has 1 amide bonds. The minimum absolute atomic E-state index is 0.202. The van der Waals surface area contributed by atoms with Gasteiger partial charge in [0.25, 0.3) is 5.91 Å². The Balaban J connectivity index is 1.61. The summed E-state index contributed by atoms with van der Waals surface area (Å²) in [6.07, 6.45) is 4.64. The second-order valence-electron chi connectivity index (χ2n) is 7.92. The van der Waals surface area contributed by atoms with Gasteiger partial charge in [0.2, 0.25) is 0 Å². The van der Waals surface area contributed by atoms with Gasteiger partial charge >= 0.3 is 0 Å². The van der Waals surface area contributed by atoms with Crippen LogP contribution in [0.3, 0.4) is 0 Å². The monoisotopic (exact) mass is 422 g/mol. The molecule has 2 heterocycles. The normalized spacial score (nSPS) is 11.6. The van der Waals surface area contributed by atoms with Gasteiger partial charge in [0.15, 0.2) is 5.82 Å². The number of fused-ring (bicyclic) bond motifs is 1. The van der Waals surface area contributed by atoms with Gasteiger partial charge in [-0.25, -0.2) is 18.7 Å². The highest BCUT2D eigenvalue weighted by Gasteiger charge is 2.19. The van der Waals surface area contributed by atoms with Crippen molar-refractivity contribution < 1.29 is 18.7 Å². The molecule has 0 saturated carbocycles. The van der Waals surface area contributed by atoms with Crippen molar-refractivity contribution >= 4 is 16.8 Å². The summed E-state index contributed by atoms with van der Waals surface area (Å²) >= 11 is 0. The molecular weight excluding hydrogens is 402 g/mol. The summed E-state index contributed by atoms with van der Waals surface area (Å²) in [5, 5.41) is 10.8. The zero-order chi connectivity index (χ0) is 22.2. The van der Waals surface area contributed by atoms with Gasteiger partial charge in [-0.15, -0.1) is 0 Å². The average molecular weight is 422 g/mol. The third-order valence-electron chi connectivity index (χ3n) is 4.69. The Morgan fingerprint density at radius 2 is 1.81 bits per heavy atom. The van der Waals surface area contributed by atoms with E-state index in [1.165, 1.54) is 41.3 Å². The molecule has 0 unspecified atom stereocenters. The second kappa shape index (κ2) is 7.88. The van der Waals surface area contributed by atoms with Crippen LogP contribution in [-0.2, 0) is 6.42 Å². The number of benzene rings is 2. The zero-order valence-electron chi connectivity index (χ0n) is 16.9. The predicted octanol–water partition coefficient (Wildman–Crippen LogP) is 4.07. The van der Waals surface area contributed by atoms with Crippen LogP contribution in [0.2, 0.25) is 0 Å². The maximum atomic E-state index is 13.8. The third-order valence-corrected chi connectivity index (χ3v) is 4.69. The Hall–Kier alpha value is -3.65. The highest BCUT2D eigenvalue weighted by atomic mass is 19.1. The highest BCUT2D eigenvalue weighted by molar-refractivity contribution is 6.00. The lowest BCUT2D eigenvalue weighted by Gasteiger charge is -2.16. The van der Waals surface area contributed by atoms with Crippen molar-refractivity contribution in [3.05, 3.63) is 83.8 Å². The van der Waals surface area contributed by atoms with E-state index in [9.17, 15) is 18.7 Å². The zero-order valence-corrected chi connectivity index (χ0v) is 16.9. The summed E-state index contributed by atoms with van der Waals surface area (Å²) in [6, 6.07) is 10.1. The van der Waals surface area contributed by atoms with Crippen LogP contribution >= 0.6 is 0 Å². The van der Waals surface area contributed by atoms with Gasteiger partial charge in [0.05, 0.1) is 16.7 Å². The molecule has 0 aliphatic carbocycles. The molecule has 4 aromatic rings. The van der Waals surface area contributed by atoms with Gasteiger partial charge in [-0.2, -0.15) is 0 Å². The first-order chi connectivity index (χ1) is 14.7. The first-order valence-corrected chi connectivity index (χ1v) is 9.61. The van der Waals surface area contributed by atoms with Crippen molar-refractivity contribution in [2.24, 2.45) is 0 Å². The Bertz CT molecular complexity index is 1260. The van der Waals surface area contributed by atoms with Crippen LogP contribution in [0.1, 0.15) is 29.8 Å². The van der Waals surface area contributed by atoms with Crippen LogP contribution < -0.4 is 5.43 Å². The van der Waals surface area contributed by atoms with Crippen LogP contribution in [-0.4, -0.2) is 31.3 Å². The Kier molecular flexibility index (Phi) is 5.24. The lowest BCUT2D eigenvalue weighted by molar-refractivity contribution is 0.0813. The molecule has 0 aliphatic heterocycles. The van der Waals surface area contributed by atoms with E-state index in [0.29, 0.717) is 27.9 Å². The molecule has 2 aromatic heterocycles. The molecule has 0 fully saturated rings. The largest absolute Gasteiger partial charge is 0.390 e. The molecule has 31 heavy (non-hydrogen) atoms. The van der Waals surface area contributed by atoms with E-state index in [2.05, 4.69) is 15.4 Å². The molecule has 2 aromatic carbocycles. The van der Waals surface area contributed by atoms with Gasteiger partial charge < -0.3 is 5.11 Å². The van der Waals surface area contributed by atoms with Crippen molar-refractivity contribution in [1.29, 1.82) is 0 Å². The summed E-state index contributed by atoms with van der Waals surface area (Å²) in [4.78, 5) is 21.0. The number of amides is 1. The van der Waals surface area contributed by atoms with Gasteiger partial charge in [0, 0.05) is 36.0 Å². The fraction of sp³-hybridized carbons (Fsp3) is 0.174.